The number of hydrogen-bond acceptors (Lipinski definition) is 5. The molecule has 7 nitrogen and oxygen atoms in total. The summed E-state index contributed by atoms with van der Waals surface area (Å²) in [6.07, 6.45) is 2.93. The van der Waals surface area contributed by atoms with E-state index in [1.165, 1.54) is 19.2 Å². The van der Waals surface area contributed by atoms with E-state index in [9.17, 15) is 13.2 Å². The number of carbonyl (C=O) groups excluding carboxylic acids is 1. The van der Waals surface area contributed by atoms with Crippen molar-refractivity contribution in [2.45, 2.75) is 57.0 Å². The zero-order valence-corrected chi connectivity index (χ0v) is 17.2. The Morgan fingerprint density at radius 1 is 1.31 bits per heavy atom. The number of benzene rings is 1. The number of halogens is 1. The van der Waals surface area contributed by atoms with Crippen LogP contribution < -0.4 is 20.5 Å². The lowest BCUT2D eigenvalue weighted by molar-refractivity contribution is -0.120. The van der Waals surface area contributed by atoms with Gasteiger partial charge >= 0.3 is 0 Å². The summed E-state index contributed by atoms with van der Waals surface area (Å²) < 4.78 is 33.1. The molecule has 0 aliphatic carbocycles. The van der Waals surface area contributed by atoms with Crippen molar-refractivity contribution in [1.82, 2.24) is 10.0 Å². The minimum atomic E-state index is -3.69. The Hall–Kier alpha value is -1.35. The third-order valence-corrected chi connectivity index (χ3v) is 5.39. The molecule has 0 bridgehead atoms. The summed E-state index contributed by atoms with van der Waals surface area (Å²) in [5.41, 5.74) is 6.28. The van der Waals surface area contributed by atoms with Crippen molar-refractivity contribution in [3.8, 4) is 5.75 Å². The molecular weight excluding hydrogens is 378 g/mol. The second-order valence-electron chi connectivity index (χ2n) is 5.80. The predicted molar refractivity (Wildman–Crippen MR) is 105 cm³/mol. The molecule has 0 radical (unpaired) electrons. The third kappa shape index (κ3) is 7.49. The number of ether oxygens (including phenoxy) is 1. The number of methoxy groups -OCH3 is 1. The molecule has 0 aromatic heterocycles. The molecule has 1 unspecified atom stereocenters. The van der Waals surface area contributed by atoms with Crippen LogP contribution in [0.1, 0.15) is 45.1 Å². The zero-order chi connectivity index (χ0) is 18.9. The van der Waals surface area contributed by atoms with E-state index in [0.717, 1.165) is 12.8 Å². The zero-order valence-electron chi connectivity index (χ0n) is 15.6. The monoisotopic (exact) mass is 407 g/mol. The number of amides is 1. The van der Waals surface area contributed by atoms with Gasteiger partial charge in [-0.2, -0.15) is 0 Å². The Balaban J connectivity index is 0.00000625. The van der Waals surface area contributed by atoms with Crippen LogP contribution in [0.3, 0.4) is 0 Å². The first-order chi connectivity index (χ1) is 11.9. The smallest absolute Gasteiger partial charge is 0.240 e. The fourth-order valence-corrected chi connectivity index (χ4v) is 3.68. The molecule has 0 saturated carbocycles. The second kappa shape index (κ2) is 12.1. The highest BCUT2D eigenvalue weighted by Gasteiger charge is 2.20. The number of unbranched alkanes of at least 4 members (excludes halogenated alkanes) is 1. The average Bonchev–Trinajstić information content (AvgIpc) is 2.62. The number of nitrogens with one attached hydrogen (secondary N) is 2. The van der Waals surface area contributed by atoms with E-state index in [2.05, 4.69) is 10.0 Å². The Morgan fingerprint density at radius 2 is 2.00 bits per heavy atom. The van der Waals surface area contributed by atoms with Crippen molar-refractivity contribution in [3.63, 3.8) is 0 Å². The lowest BCUT2D eigenvalue weighted by Crippen LogP contribution is -2.40. The van der Waals surface area contributed by atoms with Crippen LogP contribution in [0.2, 0.25) is 0 Å². The third-order valence-electron chi connectivity index (χ3n) is 3.87. The average molecular weight is 408 g/mol. The summed E-state index contributed by atoms with van der Waals surface area (Å²) in [5, 5.41) is 2.73. The highest BCUT2D eigenvalue weighted by Crippen LogP contribution is 2.23. The molecule has 4 N–H and O–H groups in total. The summed E-state index contributed by atoms with van der Waals surface area (Å²) >= 11 is 0. The lowest BCUT2D eigenvalue weighted by atomic mass is 10.1. The van der Waals surface area contributed by atoms with Gasteiger partial charge in [-0.05, 0) is 24.6 Å². The first-order valence-electron chi connectivity index (χ1n) is 8.53. The number of carbonyl (C=O) groups is 1. The van der Waals surface area contributed by atoms with Crippen LogP contribution in [0.4, 0.5) is 0 Å². The summed E-state index contributed by atoms with van der Waals surface area (Å²) in [4.78, 5) is 11.6. The molecule has 1 aromatic rings. The van der Waals surface area contributed by atoms with Gasteiger partial charge in [-0.3, -0.25) is 4.79 Å². The molecule has 1 rings (SSSR count). The summed E-state index contributed by atoms with van der Waals surface area (Å²) in [6, 6.07) is 4.30. The van der Waals surface area contributed by atoms with Crippen LogP contribution in [0.25, 0.3) is 0 Å². The number of nitrogens with two attached hydrogens (primary N) is 1. The van der Waals surface area contributed by atoms with E-state index in [0.29, 0.717) is 24.2 Å². The van der Waals surface area contributed by atoms with Gasteiger partial charge in [0.2, 0.25) is 15.9 Å². The van der Waals surface area contributed by atoms with Gasteiger partial charge in [0.15, 0.2) is 0 Å². The van der Waals surface area contributed by atoms with Gasteiger partial charge in [0.25, 0.3) is 0 Å². The molecule has 0 fully saturated rings. The minimum Gasteiger partial charge on any atom is -0.496 e. The maximum Gasteiger partial charge on any atom is 0.240 e. The predicted octanol–water partition coefficient (Wildman–Crippen LogP) is 1.94. The lowest BCUT2D eigenvalue weighted by Gasteiger charge is -2.18. The molecule has 150 valence electrons. The van der Waals surface area contributed by atoms with Gasteiger partial charge < -0.3 is 15.8 Å². The first-order valence-corrected chi connectivity index (χ1v) is 10.0. The van der Waals surface area contributed by atoms with Crippen LogP contribution in [0.15, 0.2) is 23.1 Å². The summed E-state index contributed by atoms with van der Waals surface area (Å²) in [7, 11) is -2.19. The van der Waals surface area contributed by atoms with Crippen molar-refractivity contribution in [2.75, 3.05) is 13.7 Å². The summed E-state index contributed by atoms with van der Waals surface area (Å²) in [5.74, 6) is 0.410. The van der Waals surface area contributed by atoms with Crippen molar-refractivity contribution in [3.05, 3.63) is 23.8 Å². The number of hydrogen-bond donors (Lipinski definition) is 3. The Morgan fingerprint density at radius 3 is 2.54 bits per heavy atom. The topological polar surface area (TPSA) is 111 Å². The Bertz CT molecular complexity index is 668. The van der Waals surface area contributed by atoms with E-state index < -0.39 is 10.0 Å². The quantitative estimate of drug-likeness (QED) is 0.519. The van der Waals surface area contributed by atoms with Crippen molar-refractivity contribution in [1.29, 1.82) is 0 Å². The van der Waals surface area contributed by atoms with Crippen LogP contribution in [0.5, 0.6) is 5.75 Å². The molecule has 26 heavy (non-hydrogen) atoms. The van der Waals surface area contributed by atoms with Gasteiger partial charge in [-0.1, -0.05) is 26.7 Å². The van der Waals surface area contributed by atoms with Crippen molar-refractivity contribution >= 4 is 28.3 Å². The van der Waals surface area contributed by atoms with E-state index in [1.807, 2.05) is 6.92 Å². The SMILES string of the molecule is CCCCC(CN)NS(=O)(=O)c1ccc(OC)c(CNC(=O)CC)c1.Cl. The minimum absolute atomic E-state index is 0. The van der Waals surface area contributed by atoms with Gasteiger partial charge in [0, 0.05) is 31.1 Å². The van der Waals surface area contributed by atoms with Gasteiger partial charge in [0.1, 0.15) is 5.75 Å². The van der Waals surface area contributed by atoms with Crippen LogP contribution in [-0.2, 0) is 21.4 Å². The van der Waals surface area contributed by atoms with E-state index in [4.69, 9.17) is 10.5 Å². The molecule has 0 aliphatic rings. The largest absolute Gasteiger partial charge is 0.496 e. The van der Waals surface area contributed by atoms with Crippen molar-refractivity contribution in [2.24, 2.45) is 5.73 Å². The Kier molecular flexibility index (Phi) is 11.5. The van der Waals surface area contributed by atoms with Crippen LogP contribution >= 0.6 is 12.4 Å². The number of sulfonamides is 1. The standard InChI is InChI=1S/C17H29N3O4S.ClH/c1-4-6-7-14(11-18)20-25(22,23)15-8-9-16(24-3)13(10-15)12-19-17(21)5-2;/h8-10,14,20H,4-7,11-12,18H2,1-3H3,(H,19,21);1H. The molecule has 0 saturated heterocycles. The highest BCUT2D eigenvalue weighted by atomic mass is 35.5. The van der Waals surface area contributed by atoms with E-state index in [-0.39, 0.29) is 42.3 Å². The maximum absolute atomic E-state index is 12.6. The van der Waals surface area contributed by atoms with Gasteiger partial charge in [0.05, 0.1) is 12.0 Å². The first kappa shape index (κ1) is 24.7. The summed E-state index contributed by atoms with van der Waals surface area (Å²) in [6.45, 7) is 4.24. The van der Waals surface area contributed by atoms with Crippen LogP contribution in [-0.4, -0.2) is 34.0 Å². The molecule has 1 aromatic carbocycles. The molecule has 9 heteroatoms. The van der Waals surface area contributed by atoms with Gasteiger partial charge in [-0.25, -0.2) is 13.1 Å². The molecule has 1 amide bonds. The highest BCUT2D eigenvalue weighted by molar-refractivity contribution is 7.89. The van der Waals surface area contributed by atoms with Gasteiger partial charge in [-0.15, -0.1) is 12.4 Å². The Labute approximate surface area is 162 Å². The van der Waals surface area contributed by atoms with Crippen molar-refractivity contribution < 1.29 is 17.9 Å². The second-order valence-corrected chi connectivity index (χ2v) is 7.51. The molecule has 1 atom stereocenters. The molecule has 0 aliphatic heterocycles. The fourth-order valence-electron chi connectivity index (χ4n) is 2.34. The number of rotatable bonds is 11. The maximum atomic E-state index is 12.6. The molecule has 0 spiro atoms. The normalized spacial score (nSPS) is 12.2. The fraction of sp³-hybridized carbons (Fsp3) is 0.588. The molecule has 0 heterocycles. The van der Waals surface area contributed by atoms with E-state index in [1.54, 1.807) is 13.0 Å². The van der Waals surface area contributed by atoms with E-state index >= 15 is 0 Å². The van der Waals surface area contributed by atoms with Crippen LogP contribution in [0, 0.1) is 0 Å². The molecular formula is C17H30ClN3O4S.